The fourth-order valence-electron chi connectivity index (χ4n) is 2.61. The number of esters is 1. The summed E-state index contributed by atoms with van der Waals surface area (Å²) in [6.07, 6.45) is 1.44. The number of nitrogens with one attached hydrogen (secondary N) is 1. The van der Waals surface area contributed by atoms with Crippen LogP contribution in [-0.2, 0) is 4.79 Å². The molecular formula is C24H21ClN2O5. The van der Waals surface area contributed by atoms with Crippen molar-refractivity contribution in [1.82, 2.24) is 5.43 Å². The number of ether oxygens (including phenoxy) is 3. The molecule has 3 rings (SSSR count). The van der Waals surface area contributed by atoms with Gasteiger partial charge in [-0.3, -0.25) is 4.79 Å². The van der Waals surface area contributed by atoms with Crippen LogP contribution in [0.2, 0.25) is 5.02 Å². The van der Waals surface area contributed by atoms with Crippen LogP contribution in [0.5, 0.6) is 17.2 Å². The minimum atomic E-state index is -0.487. The van der Waals surface area contributed by atoms with Crippen molar-refractivity contribution in [3.8, 4) is 17.2 Å². The summed E-state index contributed by atoms with van der Waals surface area (Å²) in [6, 6.07) is 20.5. The van der Waals surface area contributed by atoms with Crippen molar-refractivity contribution >= 4 is 29.7 Å². The van der Waals surface area contributed by atoms with Crippen molar-refractivity contribution in [1.29, 1.82) is 0 Å². The normalized spacial score (nSPS) is 10.6. The number of hydrogen-bond donors (Lipinski definition) is 1. The number of hydrogen-bond acceptors (Lipinski definition) is 6. The Hall–Kier alpha value is -3.84. The molecule has 0 saturated heterocycles. The predicted molar refractivity (Wildman–Crippen MR) is 122 cm³/mol. The molecule has 0 fully saturated rings. The molecule has 0 saturated carbocycles. The average Bonchev–Trinajstić information content (AvgIpc) is 2.81. The van der Waals surface area contributed by atoms with E-state index in [-0.39, 0.29) is 12.4 Å². The van der Waals surface area contributed by atoms with Gasteiger partial charge in [0.2, 0.25) is 0 Å². The second kappa shape index (κ2) is 11.5. The number of nitrogens with zero attached hydrogens (tertiary/aromatic N) is 1. The van der Waals surface area contributed by atoms with Gasteiger partial charge in [0.1, 0.15) is 5.75 Å². The first-order valence-corrected chi connectivity index (χ1v) is 10.2. The van der Waals surface area contributed by atoms with E-state index < -0.39 is 11.9 Å². The molecule has 0 aliphatic rings. The summed E-state index contributed by atoms with van der Waals surface area (Å²) < 4.78 is 16.4. The van der Waals surface area contributed by atoms with E-state index in [1.807, 2.05) is 13.0 Å². The van der Waals surface area contributed by atoms with E-state index >= 15 is 0 Å². The molecule has 0 bridgehead atoms. The van der Waals surface area contributed by atoms with Crippen molar-refractivity contribution in [2.45, 2.75) is 6.92 Å². The van der Waals surface area contributed by atoms with E-state index in [1.54, 1.807) is 66.7 Å². The Morgan fingerprint density at radius 2 is 1.69 bits per heavy atom. The molecule has 0 unspecified atom stereocenters. The van der Waals surface area contributed by atoms with Crippen LogP contribution in [0.25, 0.3) is 0 Å². The van der Waals surface area contributed by atoms with E-state index in [4.69, 9.17) is 25.8 Å². The molecule has 7 nitrogen and oxygen atoms in total. The molecule has 3 aromatic carbocycles. The average molecular weight is 453 g/mol. The highest BCUT2D eigenvalue weighted by Crippen LogP contribution is 2.29. The third kappa shape index (κ3) is 6.58. The van der Waals surface area contributed by atoms with Gasteiger partial charge in [-0.2, -0.15) is 5.10 Å². The zero-order chi connectivity index (χ0) is 22.8. The number of rotatable bonds is 9. The highest BCUT2D eigenvalue weighted by atomic mass is 35.5. The fourth-order valence-corrected chi connectivity index (χ4v) is 2.80. The maximum absolute atomic E-state index is 12.3. The molecule has 0 aliphatic carbocycles. The van der Waals surface area contributed by atoms with Gasteiger partial charge in [-0.1, -0.05) is 41.9 Å². The van der Waals surface area contributed by atoms with Crippen LogP contribution in [-0.4, -0.2) is 31.3 Å². The Morgan fingerprint density at radius 1 is 0.938 bits per heavy atom. The first-order chi connectivity index (χ1) is 15.6. The summed E-state index contributed by atoms with van der Waals surface area (Å²) in [5, 5.41) is 4.33. The van der Waals surface area contributed by atoms with Crippen molar-refractivity contribution in [3.63, 3.8) is 0 Å². The van der Waals surface area contributed by atoms with Gasteiger partial charge in [0.05, 0.1) is 23.4 Å². The van der Waals surface area contributed by atoms with Crippen molar-refractivity contribution in [2.24, 2.45) is 5.10 Å². The number of carbonyl (C=O) groups is 2. The highest BCUT2D eigenvalue weighted by molar-refractivity contribution is 6.32. The first kappa shape index (κ1) is 22.8. The molecular weight excluding hydrogens is 432 g/mol. The Balaban J connectivity index is 1.59. The zero-order valence-electron chi connectivity index (χ0n) is 17.3. The minimum Gasteiger partial charge on any atom is -0.490 e. The van der Waals surface area contributed by atoms with E-state index in [1.165, 1.54) is 6.21 Å². The maximum Gasteiger partial charge on any atom is 0.343 e. The number of halogens is 1. The summed E-state index contributed by atoms with van der Waals surface area (Å²) in [5.41, 5.74) is 3.45. The molecule has 8 heteroatoms. The molecule has 0 aliphatic heterocycles. The molecule has 32 heavy (non-hydrogen) atoms. The lowest BCUT2D eigenvalue weighted by Crippen LogP contribution is -2.24. The van der Waals surface area contributed by atoms with Crippen molar-refractivity contribution in [2.75, 3.05) is 13.2 Å². The van der Waals surface area contributed by atoms with E-state index in [0.717, 1.165) is 0 Å². The van der Waals surface area contributed by atoms with Crippen LogP contribution in [0, 0.1) is 0 Å². The molecule has 0 heterocycles. The third-order valence-electron chi connectivity index (χ3n) is 4.08. The van der Waals surface area contributed by atoms with Gasteiger partial charge in [-0.25, -0.2) is 10.2 Å². The SMILES string of the molecule is CCOc1cc(C=NNC(=O)COc2ccccc2Cl)ccc1OC(=O)c1ccccc1. The molecule has 3 aromatic rings. The third-order valence-corrected chi connectivity index (χ3v) is 4.39. The Labute approximate surface area is 190 Å². The number of amides is 1. The Bertz CT molecular complexity index is 1100. The van der Waals surface area contributed by atoms with E-state index in [0.29, 0.717) is 34.3 Å². The second-order valence-corrected chi connectivity index (χ2v) is 6.81. The van der Waals surface area contributed by atoms with Crippen LogP contribution in [0.15, 0.2) is 77.9 Å². The standard InChI is InChI=1S/C24H21ClN2O5/c1-2-30-22-14-17(12-13-21(22)32-24(29)18-8-4-3-5-9-18)15-26-27-23(28)16-31-20-11-7-6-10-19(20)25/h3-15H,2,16H2,1H3,(H,27,28). The number of para-hydroxylation sites is 1. The van der Waals surface area contributed by atoms with Crippen molar-refractivity contribution < 1.29 is 23.8 Å². The van der Waals surface area contributed by atoms with Gasteiger partial charge in [0.15, 0.2) is 18.1 Å². The molecule has 0 radical (unpaired) electrons. The molecule has 1 N–H and O–H groups in total. The first-order valence-electron chi connectivity index (χ1n) is 9.80. The fraction of sp³-hybridized carbons (Fsp3) is 0.125. The van der Waals surface area contributed by atoms with Gasteiger partial charge in [0, 0.05) is 0 Å². The number of hydrazone groups is 1. The zero-order valence-corrected chi connectivity index (χ0v) is 18.0. The highest BCUT2D eigenvalue weighted by Gasteiger charge is 2.13. The Morgan fingerprint density at radius 3 is 2.44 bits per heavy atom. The molecule has 0 atom stereocenters. The lowest BCUT2D eigenvalue weighted by atomic mass is 10.2. The van der Waals surface area contributed by atoms with Gasteiger partial charge < -0.3 is 14.2 Å². The van der Waals surface area contributed by atoms with Crippen LogP contribution < -0.4 is 19.6 Å². The number of carbonyl (C=O) groups excluding carboxylic acids is 2. The maximum atomic E-state index is 12.3. The summed E-state index contributed by atoms with van der Waals surface area (Å²) in [7, 11) is 0. The smallest absolute Gasteiger partial charge is 0.343 e. The quantitative estimate of drug-likeness (QED) is 0.224. The van der Waals surface area contributed by atoms with Crippen LogP contribution >= 0.6 is 11.6 Å². The topological polar surface area (TPSA) is 86.2 Å². The van der Waals surface area contributed by atoms with Gasteiger partial charge in [-0.05, 0) is 55.0 Å². The van der Waals surface area contributed by atoms with Gasteiger partial charge >= 0.3 is 5.97 Å². The van der Waals surface area contributed by atoms with Crippen LogP contribution in [0.4, 0.5) is 0 Å². The predicted octanol–water partition coefficient (Wildman–Crippen LogP) is 4.49. The second-order valence-electron chi connectivity index (χ2n) is 6.41. The van der Waals surface area contributed by atoms with Crippen molar-refractivity contribution in [3.05, 3.63) is 88.9 Å². The van der Waals surface area contributed by atoms with E-state index in [2.05, 4.69) is 10.5 Å². The summed E-state index contributed by atoms with van der Waals surface area (Å²) in [6.45, 7) is 1.97. The monoisotopic (exact) mass is 452 g/mol. The lowest BCUT2D eigenvalue weighted by molar-refractivity contribution is -0.123. The number of benzene rings is 3. The van der Waals surface area contributed by atoms with E-state index in [9.17, 15) is 9.59 Å². The largest absolute Gasteiger partial charge is 0.490 e. The van der Waals surface area contributed by atoms with Crippen LogP contribution in [0.1, 0.15) is 22.8 Å². The summed E-state index contributed by atoms with van der Waals surface area (Å²) in [4.78, 5) is 24.2. The molecule has 0 aromatic heterocycles. The lowest BCUT2D eigenvalue weighted by Gasteiger charge is -2.11. The van der Waals surface area contributed by atoms with Crippen LogP contribution in [0.3, 0.4) is 0 Å². The minimum absolute atomic E-state index is 0.236. The van der Waals surface area contributed by atoms with Gasteiger partial charge in [0.25, 0.3) is 5.91 Å². The molecule has 164 valence electrons. The van der Waals surface area contributed by atoms with Gasteiger partial charge in [-0.15, -0.1) is 0 Å². The Kier molecular flexibility index (Phi) is 8.22. The summed E-state index contributed by atoms with van der Waals surface area (Å²) >= 11 is 5.98. The molecule has 0 spiro atoms. The summed E-state index contributed by atoms with van der Waals surface area (Å²) in [5.74, 6) is 0.151. The molecule has 1 amide bonds.